The lowest BCUT2D eigenvalue weighted by Crippen LogP contribution is -2.20. The zero-order chi connectivity index (χ0) is 20.8. The minimum Gasteiger partial charge on any atom is -0.386 e. The van der Waals surface area contributed by atoms with E-state index in [4.69, 9.17) is 5.14 Å². The van der Waals surface area contributed by atoms with Gasteiger partial charge in [-0.3, -0.25) is 0 Å². The monoisotopic (exact) mass is 447 g/mol. The normalized spacial score (nSPS) is 16.8. The summed E-state index contributed by atoms with van der Waals surface area (Å²) in [5, 5.41) is 19.0. The average molecular weight is 448 g/mol. The van der Waals surface area contributed by atoms with Crippen molar-refractivity contribution >= 4 is 35.1 Å². The third-order valence-corrected chi connectivity index (χ3v) is 7.17. The van der Waals surface area contributed by atoms with Gasteiger partial charge < -0.3 is 10.4 Å². The van der Waals surface area contributed by atoms with E-state index in [1.54, 1.807) is 32.0 Å². The summed E-state index contributed by atoms with van der Waals surface area (Å²) in [6.45, 7) is 3.26. The van der Waals surface area contributed by atoms with E-state index in [2.05, 4.69) is 15.7 Å². The second-order valence-electron chi connectivity index (χ2n) is 8.41. The van der Waals surface area contributed by atoms with Crippen LogP contribution in [-0.4, -0.2) is 15.3 Å². The highest BCUT2D eigenvalue weighted by Gasteiger charge is 2.25. The largest absolute Gasteiger partial charge is 0.386 e. The summed E-state index contributed by atoms with van der Waals surface area (Å²) < 4.78 is 16.8. The fourth-order valence-electron chi connectivity index (χ4n) is 4.33. The van der Waals surface area contributed by atoms with Gasteiger partial charge in [0.25, 0.3) is 0 Å². The number of rotatable bonds is 3. The average Bonchev–Trinajstić information content (AvgIpc) is 3.29. The van der Waals surface area contributed by atoms with E-state index in [0.29, 0.717) is 5.56 Å². The fourth-order valence-corrected chi connectivity index (χ4v) is 5.30. The molecule has 0 heterocycles. The number of carbonyl (C=O) groups excluding carboxylic acids is 1. The standard InChI is InChI=1S/C22H27N3O3S.H2S/c1-22(2,27)16-8-5-9-17(13-16)29(23,28)25-21(26)24-20-18-10-3-6-14(18)12-15-7-4-11-19(15)20;/h5,8-9,12-13,27H,3-4,6-7,10-11H2,1-2H3,(H3,23,24,25,26,28);1H2. The molecule has 0 saturated heterocycles. The topological polar surface area (TPSA) is 105 Å². The third kappa shape index (κ3) is 4.42. The third-order valence-electron chi connectivity index (χ3n) is 5.80. The number of amides is 2. The molecule has 162 valence electrons. The molecule has 0 fully saturated rings. The number of nitrogens with two attached hydrogens (primary N) is 1. The molecule has 6 nitrogen and oxygen atoms in total. The van der Waals surface area contributed by atoms with Crippen LogP contribution >= 0.6 is 13.5 Å². The van der Waals surface area contributed by atoms with Crippen molar-refractivity contribution in [3.8, 4) is 0 Å². The van der Waals surface area contributed by atoms with E-state index in [-0.39, 0.29) is 18.4 Å². The van der Waals surface area contributed by atoms with Gasteiger partial charge >= 0.3 is 6.03 Å². The molecular weight excluding hydrogens is 418 g/mol. The van der Waals surface area contributed by atoms with Crippen molar-refractivity contribution in [3.05, 3.63) is 58.1 Å². The van der Waals surface area contributed by atoms with Crippen LogP contribution in [0.3, 0.4) is 0 Å². The quantitative estimate of drug-likeness (QED) is 0.664. The number of aryl methyl sites for hydroxylation is 2. The van der Waals surface area contributed by atoms with Crippen LogP contribution in [0.1, 0.15) is 54.5 Å². The van der Waals surface area contributed by atoms with Crippen molar-refractivity contribution in [2.75, 3.05) is 5.32 Å². The molecule has 2 aliphatic rings. The number of urea groups is 1. The van der Waals surface area contributed by atoms with Crippen molar-refractivity contribution in [3.63, 3.8) is 0 Å². The maximum Gasteiger partial charge on any atom is 0.354 e. The Morgan fingerprint density at radius 1 is 1.10 bits per heavy atom. The minimum absolute atomic E-state index is 0. The zero-order valence-electron chi connectivity index (χ0n) is 17.3. The second kappa shape index (κ2) is 8.34. The molecular formula is C22H29N3O3S2. The number of hydrogen-bond acceptors (Lipinski definition) is 3. The van der Waals surface area contributed by atoms with Crippen LogP contribution in [-0.2, 0) is 41.2 Å². The van der Waals surface area contributed by atoms with Crippen LogP contribution in [0.2, 0.25) is 0 Å². The van der Waals surface area contributed by atoms with Crippen LogP contribution < -0.4 is 10.5 Å². The molecule has 1 atom stereocenters. The molecule has 2 aliphatic carbocycles. The van der Waals surface area contributed by atoms with Gasteiger partial charge in [0.05, 0.1) is 10.5 Å². The Morgan fingerprint density at radius 2 is 1.70 bits per heavy atom. The molecule has 30 heavy (non-hydrogen) atoms. The Hall–Kier alpha value is -1.87. The van der Waals surface area contributed by atoms with Crippen molar-refractivity contribution in [2.45, 2.75) is 62.9 Å². The first kappa shape index (κ1) is 22.8. The van der Waals surface area contributed by atoms with E-state index < -0.39 is 21.5 Å². The van der Waals surface area contributed by atoms with Crippen LogP contribution in [0.4, 0.5) is 10.5 Å². The van der Waals surface area contributed by atoms with E-state index in [1.165, 1.54) is 28.3 Å². The minimum atomic E-state index is -3.44. The number of nitrogens with one attached hydrogen (secondary N) is 1. The first-order valence-electron chi connectivity index (χ1n) is 10.0. The van der Waals surface area contributed by atoms with Gasteiger partial charge in [0, 0.05) is 5.69 Å². The van der Waals surface area contributed by atoms with Crippen LogP contribution in [0.25, 0.3) is 0 Å². The number of nitrogens with zero attached hydrogens (tertiary/aromatic N) is 1. The zero-order valence-corrected chi connectivity index (χ0v) is 19.1. The van der Waals surface area contributed by atoms with Gasteiger partial charge in [-0.2, -0.15) is 13.5 Å². The number of hydrogen-bond donors (Lipinski definition) is 3. The highest BCUT2D eigenvalue weighted by atomic mass is 32.2. The van der Waals surface area contributed by atoms with Gasteiger partial charge in [0.2, 0.25) is 0 Å². The molecule has 0 aromatic heterocycles. The van der Waals surface area contributed by atoms with Crippen molar-refractivity contribution in [1.29, 1.82) is 0 Å². The van der Waals surface area contributed by atoms with Gasteiger partial charge in [0.15, 0.2) is 0 Å². The Bertz CT molecular complexity index is 1080. The molecule has 0 spiro atoms. The second-order valence-corrected chi connectivity index (χ2v) is 10.2. The summed E-state index contributed by atoms with van der Waals surface area (Å²) in [6.07, 6.45) is 6.08. The van der Waals surface area contributed by atoms with Crippen molar-refractivity contribution < 1.29 is 14.1 Å². The molecule has 0 aliphatic heterocycles. The van der Waals surface area contributed by atoms with Crippen molar-refractivity contribution in [1.82, 2.24) is 0 Å². The number of carbonyl (C=O) groups is 1. The predicted molar refractivity (Wildman–Crippen MR) is 125 cm³/mol. The highest BCUT2D eigenvalue weighted by Crippen LogP contribution is 2.38. The van der Waals surface area contributed by atoms with Crippen LogP contribution in [0, 0.1) is 0 Å². The molecule has 2 aromatic rings. The lowest BCUT2D eigenvalue weighted by Gasteiger charge is -2.18. The van der Waals surface area contributed by atoms with Gasteiger partial charge in [-0.25, -0.2) is 14.1 Å². The molecule has 0 bridgehead atoms. The summed E-state index contributed by atoms with van der Waals surface area (Å²) >= 11 is 0. The van der Waals surface area contributed by atoms with E-state index in [0.717, 1.165) is 44.2 Å². The Labute approximate surface area is 185 Å². The Morgan fingerprint density at radius 3 is 2.27 bits per heavy atom. The first-order valence-corrected chi connectivity index (χ1v) is 11.6. The smallest absolute Gasteiger partial charge is 0.354 e. The van der Waals surface area contributed by atoms with E-state index in [1.807, 2.05) is 0 Å². The maximum atomic E-state index is 13.0. The Balaban J connectivity index is 0.00000256. The highest BCUT2D eigenvalue weighted by molar-refractivity contribution is 7.91. The maximum absolute atomic E-state index is 13.0. The SMILES string of the molecule is CC(C)(O)c1cccc(S(N)(=O)=NC(=O)Nc2c3c(cc4c2CCC4)CCC3)c1.S. The molecule has 0 radical (unpaired) electrons. The summed E-state index contributed by atoms with van der Waals surface area (Å²) in [5.41, 5.74) is 5.26. The van der Waals surface area contributed by atoms with Crippen LogP contribution in [0.5, 0.6) is 0 Å². The van der Waals surface area contributed by atoms with Crippen LogP contribution in [0.15, 0.2) is 39.6 Å². The molecule has 0 saturated carbocycles. The number of anilines is 1. The van der Waals surface area contributed by atoms with E-state index in [9.17, 15) is 14.1 Å². The number of aliphatic hydroxyl groups is 1. The predicted octanol–water partition coefficient (Wildman–Crippen LogP) is 3.94. The molecule has 8 heteroatoms. The summed E-state index contributed by atoms with van der Waals surface area (Å²) in [5.74, 6) is 0. The summed E-state index contributed by atoms with van der Waals surface area (Å²) in [7, 11) is -3.44. The number of benzene rings is 2. The van der Waals surface area contributed by atoms with Gasteiger partial charge in [-0.1, -0.05) is 18.2 Å². The Kier molecular flexibility index (Phi) is 6.34. The summed E-state index contributed by atoms with van der Waals surface area (Å²) in [6, 6.07) is 8.06. The first-order chi connectivity index (χ1) is 13.6. The fraction of sp³-hybridized carbons (Fsp3) is 0.409. The molecule has 1 unspecified atom stereocenters. The lowest BCUT2D eigenvalue weighted by atomic mass is 9.99. The molecule has 4 N–H and O–H groups in total. The van der Waals surface area contributed by atoms with Gasteiger partial charge in [-0.15, -0.1) is 4.36 Å². The van der Waals surface area contributed by atoms with E-state index >= 15 is 0 Å². The number of fused-ring (bicyclic) bond motifs is 2. The summed E-state index contributed by atoms with van der Waals surface area (Å²) in [4.78, 5) is 12.9. The lowest BCUT2D eigenvalue weighted by molar-refractivity contribution is 0.0784. The van der Waals surface area contributed by atoms with Crippen molar-refractivity contribution in [2.24, 2.45) is 9.50 Å². The van der Waals surface area contributed by atoms with Gasteiger partial charge in [0.1, 0.15) is 9.92 Å². The van der Waals surface area contributed by atoms with Gasteiger partial charge in [-0.05, 0) is 92.3 Å². The molecule has 2 amide bonds. The molecule has 2 aromatic carbocycles. The molecule has 4 rings (SSSR count).